The van der Waals surface area contributed by atoms with Crippen molar-refractivity contribution >= 4 is 44.8 Å². The number of benzene rings is 3. The number of anilines is 1. The summed E-state index contributed by atoms with van der Waals surface area (Å²) in [5, 5.41) is 14.6. The van der Waals surface area contributed by atoms with E-state index < -0.39 is 33.4 Å². The van der Waals surface area contributed by atoms with Gasteiger partial charge in [-0.15, -0.1) is 0 Å². The highest BCUT2D eigenvalue weighted by molar-refractivity contribution is 7.92. The third-order valence-corrected chi connectivity index (χ3v) is 8.65. The molecule has 218 valence electrons. The van der Waals surface area contributed by atoms with Gasteiger partial charge in [-0.2, -0.15) is 0 Å². The monoisotopic (exact) mass is 600 g/mol. The van der Waals surface area contributed by atoms with Crippen LogP contribution >= 0.6 is 11.6 Å². The summed E-state index contributed by atoms with van der Waals surface area (Å²) in [5.41, 5.74) is 0.538. The molecule has 2 amide bonds. The summed E-state index contributed by atoms with van der Waals surface area (Å²) < 4.78 is 28.5. The Kier molecular flexibility index (Phi) is 10.8. The molecule has 0 saturated heterocycles. The normalized spacial score (nSPS) is 12.7. The Bertz CT molecular complexity index is 1450. The Hall–Kier alpha value is -3.96. The number of nitrogens with zero attached hydrogens (tertiary/aromatic N) is 3. The maximum Gasteiger partial charge on any atom is 0.269 e. The molecule has 1 N–H and O–H groups in total. The summed E-state index contributed by atoms with van der Waals surface area (Å²) in [4.78, 5) is 39.2. The number of hydrogen-bond donors (Lipinski definition) is 1. The molecule has 0 aliphatic carbocycles. The molecule has 0 heterocycles. The highest BCUT2D eigenvalue weighted by atomic mass is 35.5. The molecule has 10 nitrogen and oxygen atoms in total. The van der Waals surface area contributed by atoms with E-state index in [1.54, 1.807) is 49.4 Å². The zero-order valence-corrected chi connectivity index (χ0v) is 24.6. The van der Waals surface area contributed by atoms with Crippen molar-refractivity contribution in [1.82, 2.24) is 10.2 Å². The number of sulfonamides is 1. The van der Waals surface area contributed by atoms with Crippen LogP contribution in [0.1, 0.15) is 39.2 Å². The number of carbonyl (C=O) groups is 2. The number of nitrogens with one attached hydrogen (secondary N) is 1. The number of rotatable bonds is 13. The molecule has 0 aromatic heterocycles. The lowest BCUT2D eigenvalue weighted by Gasteiger charge is -2.33. The summed E-state index contributed by atoms with van der Waals surface area (Å²) in [6.07, 6.45) is 0.973. The number of carbonyl (C=O) groups excluding carboxylic acids is 2. The molecule has 0 spiro atoms. The van der Waals surface area contributed by atoms with Gasteiger partial charge in [-0.3, -0.25) is 24.0 Å². The minimum Gasteiger partial charge on any atom is -0.352 e. The quantitative estimate of drug-likeness (QED) is 0.213. The van der Waals surface area contributed by atoms with Gasteiger partial charge in [0.25, 0.3) is 15.7 Å². The topological polar surface area (TPSA) is 130 Å². The molecule has 0 unspecified atom stereocenters. The summed E-state index contributed by atoms with van der Waals surface area (Å²) in [5.74, 6) is -0.971. The second-order valence-corrected chi connectivity index (χ2v) is 11.8. The van der Waals surface area contributed by atoms with Gasteiger partial charge in [0.2, 0.25) is 11.8 Å². The van der Waals surface area contributed by atoms with Crippen LogP contribution < -0.4 is 9.62 Å². The highest BCUT2D eigenvalue weighted by Gasteiger charge is 2.34. The average molecular weight is 601 g/mol. The number of nitro groups is 1. The first-order valence-electron chi connectivity index (χ1n) is 13.1. The van der Waals surface area contributed by atoms with Crippen LogP contribution in [0.4, 0.5) is 11.4 Å². The average Bonchev–Trinajstić information content (AvgIpc) is 2.97. The number of nitro benzene ring substituents is 1. The van der Waals surface area contributed by atoms with Crippen molar-refractivity contribution in [3.8, 4) is 0 Å². The molecule has 0 saturated carbocycles. The van der Waals surface area contributed by atoms with Gasteiger partial charge >= 0.3 is 0 Å². The van der Waals surface area contributed by atoms with E-state index in [1.165, 1.54) is 41.3 Å². The highest BCUT2D eigenvalue weighted by Crippen LogP contribution is 2.27. The lowest BCUT2D eigenvalue weighted by atomic mass is 10.1. The zero-order valence-electron chi connectivity index (χ0n) is 23.1. The van der Waals surface area contributed by atoms with Crippen LogP contribution in [0, 0.1) is 10.1 Å². The molecule has 0 radical (unpaired) electrons. The number of hydrogen-bond acceptors (Lipinski definition) is 6. The van der Waals surface area contributed by atoms with Gasteiger partial charge in [0.15, 0.2) is 0 Å². The molecule has 2 atom stereocenters. The molecular formula is C29H33ClN4O6S. The van der Waals surface area contributed by atoms with E-state index in [1.807, 2.05) is 13.8 Å². The molecule has 0 bridgehead atoms. The van der Waals surface area contributed by atoms with Crippen molar-refractivity contribution in [2.45, 2.75) is 57.1 Å². The molecule has 0 aliphatic rings. The van der Waals surface area contributed by atoms with Gasteiger partial charge in [-0.25, -0.2) is 8.42 Å². The van der Waals surface area contributed by atoms with Crippen LogP contribution in [0.5, 0.6) is 0 Å². The maximum atomic E-state index is 14.0. The van der Waals surface area contributed by atoms with Crippen LogP contribution in [0.15, 0.2) is 83.8 Å². The van der Waals surface area contributed by atoms with Crippen molar-refractivity contribution < 1.29 is 22.9 Å². The Balaban J connectivity index is 2.06. The number of non-ortho nitro benzene ring substituents is 1. The van der Waals surface area contributed by atoms with E-state index in [4.69, 9.17) is 11.6 Å². The van der Waals surface area contributed by atoms with E-state index in [0.29, 0.717) is 17.0 Å². The Morgan fingerprint density at radius 3 is 2.10 bits per heavy atom. The van der Waals surface area contributed by atoms with E-state index in [2.05, 4.69) is 5.32 Å². The maximum absolute atomic E-state index is 14.0. The minimum absolute atomic E-state index is 0.0297. The summed E-state index contributed by atoms with van der Waals surface area (Å²) >= 11 is 6.04. The first-order chi connectivity index (χ1) is 19.5. The summed E-state index contributed by atoms with van der Waals surface area (Å²) in [6, 6.07) is 18.3. The van der Waals surface area contributed by atoms with Crippen LogP contribution in [-0.2, 0) is 26.2 Å². The first-order valence-corrected chi connectivity index (χ1v) is 15.0. The Labute approximate surface area is 245 Å². The number of halogens is 1. The second-order valence-electron chi connectivity index (χ2n) is 9.49. The molecule has 12 heteroatoms. The van der Waals surface area contributed by atoms with E-state index in [-0.39, 0.29) is 41.2 Å². The predicted octanol–water partition coefficient (Wildman–Crippen LogP) is 5.17. The predicted molar refractivity (Wildman–Crippen MR) is 158 cm³/mol. The fourth-order valence-corrected chi connectivity index (χ4v) is 5.70. The fourth-order valence-electron chi connectivity index (χ4n) is 4.14. The van der Waals surface area contributed by atoms with Crippen molar-refractivity contribution in [2.75, 3.05) is 10.8 Å². The van der Waals surface area contributed by atoms with Crippen LogP contribution in [0.25, 0.3) is 0 Å². The third-order valence-electron chi connectivity index (χ3n) is 6.61. The van der Waals surface area contributed by atoms with Crippen molar-refractivity contribution in [3.05, 3.63) is 99.6 Å². The molecule has 3 aromatic rings. The molecule has 3 aromatic carbocycles. The van der Waals surface area contributed by atoms with Crippen LogP contribution in [-0.4, -0.2) is 48.7 Å². The fraction of sp³-hybridized carbons (Fsp3) is 0.310. The molecule has 0 fully saturated rings. The van der Waals surface area contributed by atoms with Gasteiger partial charge in [-0.05, 0) is 61.7 Å². The lowest BCUT2D eigenvalue weighted by molar-refractivity contribution is -0.384. The van der Waals surface area contributed by atoms with Crippen molar-refractivity contribution in [1.29, 1.82) is 0 Å². The summed E-state index contributed by atoms with van der Waals surface area (Å²) in [6.45, 7) is 4.95. The Morgan fingerprint density at radius 1 is 0.951 bits per heavy atom. The van der Waals surface area contributed by atoms with Crippen LogP contribution in [0.3, 0.4) is 0 Å². The SMILES string of the molecule is CC[C@@H](C)NC(=O)[C@H](CC)N(Cc1ccc(Cl)cc1)C(=O)CN(c1ccc([N+](=O)[O-])cc1)S(=O)(=O)c1ccccc1. The standard InChI is InChI=1S/C29H33ClN4O6S/c1-4-21(3)31-29(36)27(5-2)32(19-22-11-13-23(30)14-12-22)28(35)20-33(24-15-17-25(18-16-24)34(37)38)41(39,40)26-9-7-6-8-10-26/h6-18,21,27H,4-5,19-20H2,1-3H3,(H,31,36)/t21-,27+/m1/s1. The van der Waals surface area contributed by atoms with Gasteiger partial charge < -0.3 is 10.2 Å². The van der Waals surface area contributed by atoms with Crippen LogP contribution in [0.2, 0.25) is 5.02 Å². The molecule has 0 aliphatic heterocycles. The first kappa shape index (κ1) is 31.6. The summed E-state index contributed by atoms with van der Waals surface area (Å²) in [7, 11) is -4.27. The third kappa shape index (κ3) is 8.05. The van der Waals surface area contributed by atoms with E-state index in [9.17, 15) is 28.1 Å². The Morgan fingerprint density at radius 2 is 1.56 bits per heavy atom. The smallest absolute Gasteiger partial charge is 0.269 e. The van der Waals surface area contributed by atoms with Crippen molar-refractivity contribution in [3.63, 3.8) is 0 Å². The van der Waals surface area contributed by atoms with Gasteiger partial charge in [0.05, 0.1) is 15.5 Å². The minimum atomic E-state index is -4.27. The molecule has 3 rings (SSSR count). The van der Waals surface area contributed by atoms with E-state index in [0.717, 1.165) is 4.31 Å². The van der Waals surface area contributed by atoms with Gasteiger partial charge in [-0.1, -0.05) is 55.8 Å². The molecule has 41 heavy (non-hydrogen) atoms. The van der Waals surface area contributed by atoms with E-state index >= 15 is 0 Å². The number of amides is 2. The van der Waals surface area contributed by atoms with Crippen molar-refractivity contribution in [2.24, 2.45) is 0 Å². The van der Waals surface area contributed by atoms with Gasteiger partial charge in [0.1, 0.15) is 12.6 Å². The zero-order chi connectivity index (χ0) is 30.2. The van der Waals surface area contributed by atoms with Gasteiger partial charge in [0, 0.05) is 29.7 Å². The lowest BCUT2D eigenvalue weighted by Crippen LogP contribution is -2.53. The largest absolute Gasteiger partial charge is 0.352 e. The second kappa shape index (κ2) is 14.1. The molecular weight excluding hydrogens is 568 g/mol.